The van der Waals surface area contributed by atoms with E-state index in [2.05, 4.69) is 58.2 Å². The maximum atomic E-state index is 12.7. The summed E-state index contributed by atoms with van der Waals surface area (Å²) in [6, 6.07) is 11.5. The second-order valence-electron chi connectivity index (χ2n) is 8.97. The normalized spacial score (nSPS) is 14.4. The Hall–Kier alpha value is -3.59. The first-order valence-corrected chi connectivity index (χ1v) is 12.0. The maximum absolute atomic E-state index is 12.7. The number of aromatic nitrogens is 3. The van der Waals surface area contributed by atoms with Gasteiger partial charge in [-0.05, 0) is 48.4 Å². The van der Waals surface area contributed by atoms with E-state index in [1.807, 2.05) is 18.2 Å². The van der Waals surface area contributed by atoms with E-state index in [-0.39, 0.29) is 23.4 Å². The SMILES string of the molecule is CCN1CCN(c2ccc(-n3c(C(=O)NC)nnc3-c3cc(C(C)C)c(OC)cc3O)cc2)CC1. The predicted octanol–water partition coefficient (Wildman–Crippen LogP) is 3.27. The molecule has 2 heterocycles. The molecule has 3 aromatic rings. The second kappa shape index (κ2) is 10.4. The van der Waals surface area contributed by atoms with Crippen LogP contribution in [-0.2, 0) is 0 Å². The molecule has 1 saturated heterocycles. The monoisotopic (exact) mass is 478 g/mol. The van der Waals surface area contributed by atoms with Gasteiger partial charge in [-0.15, -0.1) is 10.2 Å². The van der Waals surface area contributed by atoms with Crippen LogP contribution in [0.1, 0.15) is 42.9 Å². The van der Waals surface area contributed by atoms with Crippen LogP contribution in [0.5, 0.6) is 11.5 Å². The third kappa shape index (κ3) is 4.81. The number of nitrogens with zero attached hydrogens (tertiary/aromatic N) is 5. The molecule has 0 saturated carbocycles. The Morgan fingerprint density at radius 3 is 2.31 bits per heavy atom. The number of phenols is 1. The third-order valence-electron chi connectivity index (χ3n) is 6.60. The molecule has 0 bridgehead atoms. The van der Waals surface area contributed by atoms with Gasteiger partial charge in [0.25, 0.3) is 5.91 Å². The fourth-order valence-electron chi connectivity index (χ4n) is 4.49. The van der Waals surface area contributed by atoms with Crippen molar-refractivity contribution < 1.29 is 14.6 Å². The summed E-state index contributed by atoms with van der Waals surface area (Å²) < 4.78 is 7.15. The zero-order chi connectivity index (χ0) is 25.1. The predicted molar refractivity (Wildman–Crippen MR) is 137 cm³/mol. The number of benzene rings is 2. The lowest BCUT2D eigenvalue weighted by Crippen LogP contribution is -2.46. The molecule has 4 rings (SSSR count). The van der Waals surface area contributed by atoms with Crippen LogP contribution in [0.25, 0.3) is 17.1 Å². The lowest BCUT2D eigenvalue weighted by molar-refractivity contribution is 0.0951. The van der Waals surface area contributed by atoms with Gasteiger partial charge in [0, 0.05) is 50.7 Å². The van der Waals surface area contributed by atoms with Gasteiger partial charge in [-0.3, -0.25) is 9.36 Å². The zero-order valence-electron chi connectivity index (χ0n) is 21.1. The van der Waals surface area contributed by atoms with Gasteiger partial charge in [-0.25, -0.2) is 0 Å². The average molecular weight is 479 g/mol. The molecule has 1 aliphatic heterocycles. The summed E-state index contributed by atoms with van der Waals surface area (Å²) in [6.07, 6.45) is 0. The average Bonchev–Trinajstić information content (AvgIpc) is 3.32. The van der Waals surface area contributed by atoms with E-state index < -0.39 is 0 Å². The number of ether oxygens (including phenoxy) is 1. The first-order chi connectivity index (χ1) is 16.9. The molecule has 1 fully saturated rings. The molecule has 0 aliphatic carbocycles. The number of carbonyl (C=O) groups is 1. The van der Waals surface area contributed by atoms with Crippen molar-refractivity contribution in [2.24, 2.45) is 0 Å². The van der Waals surface area contributed by atoms with Gasteiger partial charge < -0.3 is 25.0 Å². The quantitative estimate of drug-likeness (QED) is 0.538. The number of piperazine rings is 1. The Balaban J connectivity index is 1.77. The van der Waals surface area contributed by atoms with Gasteiger partial charge in [0.15, 0.2) is 5.82 Å². The molecule has 9 nitrogen and oxygen atoms in total. The van der Waals surface area contributed by atoms with Crippen molar-refractivity contribution in [1.29, 1.82) is 0 Å². The molecule has 2 aromatic carbocycles. The maximum Gasteiger partial charge on any atom is 0.289 e. The highest BCUT2D eigenvalue weighted by Crippen LogP contribution is 2.38. The minimum absolute atomic E-state index is 0.00812. The largest absolute Gasteiger partial charge is 0.507 e. The zero-order valence-corrected chi connectivity index (χ0v) is 21.1. The molecule has 1 aromatic heterocycles. The summed E-state index contributed by atoms with van der Waals surface area (Å²) in [7, 11) is 3.14. The summed E-state index contributed by atoms with van der Waals surface area (Å²) in [4.78, 5) is 17.5. The number of hydrogen-bond donors (Lipinski definition) is 2. The molecular weight excluding hydrogens is 444 g/mol. The summed E-state index contributed by atoms with van der Waals surface area (Å²) in [5, 5.41) is 22.0. The van der Waals surface area contributed by atoms with Gasteiger partial charge in [0.1, 0.15) is 11.5 Å². The Bertz CT molecular complexity index is 1180. The van der Waals surface area contributed by atoms with E-state index >= 15 is 0 Å². The summed E-state index contributed by atoms with van der Waals surface area (Å²) in [5.41, 5.74) is 3.28. The van der Waals surface area contributed by atoms with E-state index in [0.29, 0.717) is 17.1 Å². The number of aromatic hydroxyl groups is 1. The van der Waals surface area contributed by atoms with Gasteiger partial charge >= 0.3 is 0 Å². The fraction of sp³-hybridized carbons (Fsp3) is 0.423. The summed E-state index contributed by atoms with van der Waals surface area (Å²) >= 11 is 0. The number of carbonyl (C=O) groups excluding carboxylic acids is 1. The van der Waals surface area contributed by atoms with Crippen LogP contribution in [0.3, 0.4) is 0 Å². The highest BCUT2D eigenvalue weighted by Gasteiger charge is 2.24. The van der Waals surface area contributed by atoms with E-state index in [9.17, 15) is 9.90 Å². The Morgan fingerprint density at radius 2 is 1.74 bits per heavy atom. The number of anilines is 1. The minimum atomic E-state index is -0.361. The molecule has 35 heavy (non-hydrogen) atoms. The number of hydrogen-bond acceptors (Lipinski definition) is 7. The summed E-state index contributed by atoms with van der Waals surface area (Å²) in [5.74, 6) is 0.940. The van der Waals surface area contributed by atoms with Crippen LogP contribution < -0.4 is 15.0 Å². The molecule has 0 atom stereocenters. The van der Waals surface area contributed by atoms with Crippen LogP contribution in [0.4, 0.5) is 5.69 Å². The minimum Gasteiger partial charge on any atom is -0.507 e. The molecule has 0 radical (unpaired) electrons. The van der Waals surface area contributed by atoms with Crippen molar-refractivity contribution >= 4 is 11.6 Å². The number of phenolic OH excluding ortho intramolecular Hbond substituents is 1. The fourth-order valence-corrected chi connectivity index (χ4v) is 4.49. The van der Waals surface area contributed by atoms with Crippen LogP contribution >= 0.6 is 0 Å². The van der Waals surface area contributed by atoms with Crippen molar-refractivity contribution in [2.45, 2.75) is 26.7 Å². The van der Waals surface area contributed by atoms with Crippen molar-refractivity contribution in [3.05, 3.63) is 47.8 Å². The topological polar surface area (TPSA) is 95.8 Å². The molecule has 186 valence electrons. The van der Waals surface area contributed by atoms with Gasteiger partial charge in [0.2, 0.25) is 5.82 Å². The van der Waals surface area contributed by atoms with Crippen LogP contribution in [-0.4, -0.2) is 77.6 Å². The first-order valence-electron chi connectivity index (χ1n) is 12.0. The molecule has 1 amide bonds. The van der Waals surface area contributed by atoms with Gasteiger partial charge in [-0.2, -0.15) is 0 Å². The van der Waals surface area contributed by atoms with Gasteiger partial charge in [0.05, 0.1) is 12.7 Å². The molecule has 9 heteroatoms. The molecule has 0 unspecified atom stereocenters. The van der Waals surface area contributed by atoms with Crippen molar-refractivity contribution in [2.75, 3.05) is 51.8 Å². The highest BCUT2D eigenvalue weighted by atomic mass is 16.5. The standard InChI is InChI=1S/C26H34N6O3/c1-6-30-11-13-31(14-12-30)18-7-9-19(10-8-18)32-24(28-29-25(32)26(34)27-4)21-15-20(17(2)3)23(35-5)16-22(21)33/h7-10,15-17,33H,6,11-14H2,1-5H3,(H,27,34). The van der Waals surface area contributed by atoms with E-state index in [0.717, 1.165) is 49.7 Å². The van der Waals surface area contributed by atoms with E-state index in [1.54, 1.807) is 24.8 Å². The second-order valence-corrected chi connectivity index (χ2v) is 8.97. The Labute approximate surface area is 206 Å². The number of likely N-dealkylation sites (N-methyl/N-ethyl adjacent to an activating group) is 1. The number of nitrogens with one attached hydrogen (secondary N) is 1. The molecule has 1 aliphatic rings. The summed E-state index contributed by atoms with van der Waals surface area (Å²) in [6.45, 7) is 11.4. The highest BCUT2D eigenvalue weighted by molar-refractivity contribution is 5.92. The smallest absolute Gasteiger partial charge is 0.289 e. The van der Waals surface area contributed by atoms with E-state index in [1.165, 1.54) is 0 Å². The molecular formula is C26H34N6O3. The van der Waals surface area contributed by atoms with E-state index in [4.69, 9.17) is 4.74 Å². The number of methoxy groups -OCH3 is 1. The number of amides is 1. The first kappa shape index (κ1) is 24.5. The number of rotatable bonds is 7. The van der Waals surface area contributed by atoms with Crippen LogP contribution in [0.15, 0.2) is 36.4 Å². The van der Waals surface area contributed by atoms with Gasteiger partial charge in [-0.1, -0.05) is 20.8 Å². The third-order valence-corrected chi connectivity index (χ3v) is 6.60. The lowest BCUT2D eigenvalue weighted by Gasteiger charge is -2.35. The van der Waals surface area contributed by atoms with Crippen molar-refractivity contribution in [3.63, 3.8) is 0 Å². The molecule has 0 spiro atoms. The Kier molecular flexibility index (Phi) is 7.25. The molecule has 2 N–H and O–H groups in total. The lowest BCUT2D eigenvalue weighted by atomic mass is 9.98. The van der Waals surface area contributed by atoms with Crippen LogP contribution in [0.2, 0.25) is 0 Å². The van der Waals surface area contributed by atoms with Crippen LogP contribution in [0, 0.1) is 0 Å². The van der Waals surface area contributed by atoms with Crippen molar-refractivity contribution in [1.82, 2.24) is 25.0 Å². The van der Waals surface area contributed by atoms with Crippen molar-refractivity contribution in [3.8, 4) is 28.6 Å². The Morgan fingerprint density at radius 1 is 1.09 bits per heavy atom.